The van der Waals surface area contributed by atoms with Crippen LogP contribution in [0, 0.1) is 0 Å². The third-order valence-corrected chi connectivity index (χ3v) is 6.60. The Labute approximate surface area is 196 Å². The summed E-state index contributed by atoms with van der Waals surface area (Å²) in [5.74, 6) is 2.39. The Morgan fingerprint density at radius 1 is 1.09 bits per heavy atom. The Morgan fingerprint density at radius 2 is 2.00 bits per heavy atom. The summed E-state index contributed by atoms with van der Waals surface area (Å²) in [7, 11) is 3.24. The molecule has 4 rings (SSSR count). The fourth-order valence-corrected chi connectivity index (χ4v) is 4.90. The number of benzene rings is 1. The quantitative estimate of drug-likeness (QED) is 0.704. The highest BCUT2D eigenvalue weighted by molar-refractivity contribution is 5.78. The minimum atomic E-state index is 0.202. The first-order valence-electron chi connectivity index (χ1n) is 12.0. The number of amides is 1. The SMILES string of the molecule is COc1ccnc(CN2CCCOc3cccc(c3)CCC3CCCCN3C(=O)C2)c1OC. The summed E-state index contributed by atoms with van der Waals surface area (Å²) in [6.07, 6.45) is 7.82. The number of ether oxygens (including phenoxy) is 3. The van der Waals surface area contributed by atoms with E-state index >= 15 is 0 Å². The van der Waals surface area contributed by atoms with E-state index in [4.69, 9.17) is 14.2 Å². The molecule has 0 radical (unpaired) electrons. The summed E-state index contributed by atoms with van der Waals surface area (Å²) in [5, 5.41) is 0. The van der Waals surface area contributed by atoms with Gasteiger partial charge in [-0.05, 0) is 56.2 Å². The van der Waals surface area contributed by atoms with Crippen LogP contribution in [0.1, 0.15) is 43.4 Å². The highest BCUT2D eigenvalue weighted by Crippen LogP contribution is 2.30. The molecule has 0 aliphatic carbocycles. The minimum Gasteiger partial charge on any atom is -0.494 e. The average molecular weight is 454 g/mol. The molecular weight excluding hydrogens is 418 g/mol. The Bertz CT molecular complexity index is 936. The van der Waals surface area contributed by atoms with Gasteiger partial charge in [0.25, 0.3) is 0 Å². The highest BCUT2D eigenvalue weighted by atomic mass is 16.5. The monoisotopic (exact) mass is 453 g/mol. The number of piperidine rings is 1. The number of hydrogen-bond donors (Lipinski definition) is 0. The van der Waals surface area contributed by atoms with Crippen molar-refractivity contribution < 1.29 is 19.0 Å². The summed E-state index contributed by atoms with van der Waals surface area (Å²) in [6, 6.07) is 10.5. The molecule has 0 saturated carbocycles. The summed E-state index contributed by atoms with van der Waals surface area (Å²) in [5.41, 5.74) is 2.05. The normalized spacial score (nSPS) is 20.4. The van der Waals surface area contributed by atoms with Gasteiger partial charge < -0.3 is 19.1 Å². The van der Waals surface area contributed by atoms with Crippen LogP contribution >= 0.6 is 0 Å². The molecule has 1 aromatic heterocycles. The largest absolute Gasteiger partial charge is 0.494 e. The lowest BCUT2D eigenvalue weighted by molar-refractivity contribution is -0.136. The maximum Gasteiger partial charge on any atom is 0.237 e. The van der Waals surface area contributed by atoms with Gasteiger partial charge in [-0.3, -0.25) is 14.7 Å². The van der Waals surface area contributed by atoms with Crippen molar-refractivity contribution in [3.63, 3.8) is 0 Å². The lowest BCUT2D eigenvalue weighted by atomic mass is 9.95. The zero-order valence-corrected chi connectivity index (χ0v) is 19.8. The molecule has 3 heterocycles. The number of aryl methyl sites for hydroxylation is 1. The third kappa shape index (κ3) is 5.96. The molecule has 1 unspecified atom stereocenters. The fraction of sp³-hybridized carbons (Fsp3) is 0.538. The summed E-state index contributed by atoms with van der Waals surface area (Å²) >= 11 is 0. The van der Waals surface area contributed by atoms with Crippen molar-refractivity contribution in [3.05, 3.63) is 47.8 Å². The van der Waals surface area contributed by atoms with Crippen LogP contribution in [0.15, 0.2) is 36.5 Å². The van der Waals surface area contributed by atoms with Crippen LogP contribution in [-0.4, -0.2) is 67.2 Å². The summed E-state index contributed by atoms with van der Waals surface area (Å²) < 4.78 is 17.0. The number of fused-ring (bicyclic) bond motifs is 3. The molecule has 178 valence electrons. The standard InChI is InChI=1S/C26H35N3O4/c1-31-24-12-13-27-23(26(24)32-2)18-28-14-6-16-33-22-9-5-7-20(17-22)10-11-21-8-3-4-15-29(21)25(30)19-28/h5,7,9,12-13,17,21H,3-4,6,8,10-11,14-16,18-19H2,1-2H3. The maximum atomic E-state index is 13.4. The van der Waals surface area contributed by atoms with E-state index in [0.717, 1.165) is 56.6 Å². The maximum absolute atomic E-state index is 13.4. The molecular formula is C26H35N3O4. The third-order valence-electron chi connectivity index (χ3n) is 6.60. The molecule has 1 amide bonds. The molecule has 2 aliphatic heterocycles. The van der Waals surface area contributed by atoms with E-state index < -0.39 is 0 Å². The van der Waals surface area contributed by atoms with E-state index in [1.54, 1.807) is 26.5 Å². The second kappa shape index (κ2) is 11.4. The van der Waals surface area contributed by atoms with Crippen LogP contribution in [0.25, 0.3) is 0 Å². The molecule has 2 aliphatic rings. The zero-order chi connectivity index (χ0) is 23.0. The zero-order valence-electron chi connectivity index (χ0n) is 19.8. The van der Waals surface area contributed by atoms with Gasteiger partial charge in [-0.25, -0.2) is 0 Å². The van der Waals surface area contributed by atoms with Gasteiger partial charge >= 0.3 is 0 Å². The molecule has 1 aromatic carbocycles. The van der Waals surface area contributed by atoms with Crippen molar-refractivity contribution in [2.45, 2.75) is 51.1 Å². The molecule has 0 spiro atoms. The number of nitrogens with zero attached hydrogens (tertiary/aromatic N) is 3. The van der Waals surface area contributed by atoms with Crippen molar-refractivity contribution in [3.8, 4) is 17.2 Å². The van der Waals surface area contributed by atoms with Gasteiger partial charge in [-0.15, -0.1) is 0 Å². The van der Waals surface area contributed by atoms with Crippen molar-refractivity contribution in [2.24, 2.45) is 0 Å². The summed E-state index contributed by atoms with van der Waals surface area (Å²) in [4.78, 5) is 22.3. The molecule has 1 saturated heterocycles. The highest BCUT2D eigenvalue weighted by Gasteiger charge is 2.28. The number of aromatic nitrogens is 1. The van der Waals surface area contributed by atoms with Crippen molar-refractivity contribution in [2.75, 3.05) is 40.5 Å². The Balaban J connectivity index is 1.56. The topological polar surface area (TPSA) is 64.1 Å². The number of carbonyl (C=O) groups is 1. The Kier molecular flexibility index (Phi) is 8.05. The number of hydrogen-bond acceptors (Lipinski definition) is 6. The fourth-order valence-electron chi connectivity index (χ4n) is 4.90. The van der Waals surface area contributed by atoms with Gasteiger partial charge in [0.2, 0.25) is 5.91 Å². The van der Waals surface area contributed by atoms with Gasteiger partial charge in [0.05, 0.1) is 27.4 Å². The average Bonchev–Trinajstić information content (AvgIpc) is 2.85. The molecule has 7 nitrogen and oxygen atoms in total. The number of carbonyl (C=O) groups excluding carboxylic acids is 1. The van der Waals surface area contributed by atoms with Gasteiger partial charge in [0, 0.05) is 37.9 Å². The summed E-state index contributed by atoms with van der Waals surface area (Å²) in [6.45, 7) is 3.06. The lowest BCUT2D eigenvalue weighted by Gasteiger charge is -2.37. The van der Waals surface area contributed by atoms with Gasteiger partial charge in [-0.2, -0.15) is 0 Å². The molecule has 33 heavy (non-hydrogen) atoms. The van der Waals surface area contributed by atoms with Crippen LogP contribution in [0.5, 0.6) is 17.2 Å². The first-order valence-corrected chi connectivity index (χ1v) is 12.0. The van der Waals surface area contributed by atoms with E-state index in [0.29, 0.717) is 37.2 Å². The van der Waals surface area contributed by atoms with E-state index in [9.17, 15) is 4.79 Å². The number of pyridine rings is 1. The van der Waals surface area contributed by atoms with Crippen LogP contribution < -0.4 is 14.2 Å². The van der Waals surface area contributed by atoms with E-state index in [1.807, 2.05) is 6.07 Å². The Hall–Kier alpha value is -2.80. The predicted molar refractivity (Wildman–Crippen MR) is 127 cm³/mol. The second-order valence-corrected chi connectivity index (χ2v) is 8.83. The number of methoxy groups -OCH3 is 2. The van der Waals surface area contributed by atoms with Crippen LogP contribution in [0.2, 0.25) is 0 Å². The van der Waals surface area contributed by atoms with Crippen LogP contribution in [-0.2, 0) is 17.8 Å². The number of rotatable bonds is 4. The lowest BCUT2D eigenvalue weighted by Crippen LogP contribution is -2.48. The van der Waals surface area contributed by atoms with Crippen LogP contribution in [0.3, 0.4) is 0 Å². The van der Waals surface area contributed by atoms with Gasteiger partial charge in [0.1, 0.15) is 11.4 Å². The first kappa shape index (κ1) is 23.4. The minimum absolute atomic E-state index is 0.202. The molecule has 2 bridgehead atoms. The van der Waals surface area contributed by atoms with Crippen molar-refractivity contribution in [1.82, 2.24) is 14.8 Å². The van der Waals surface area contributed by atoms with E-state index in [2.05, 4.69) is 33.0 Å². The predicted octanol–water partition coefficient (Wildman–Crippen LogP) is 3.70. The molecule has 0 N–H and O–H groups in total. The molecule has 1 fully saturated rings. The molecule has 1 atom stereocenters. The molecule has 7 heteroatoms. The second-order valence-electron chi connectivity index (χ2n) is 8.83. The smallest absolute Gasteiger partial charge is 0.237 e. The Morgan fingerprint density at radius 3 is 2.85 bits per heavy atom. The van der Waals surface area contributed by atoms with Gasteiger partial charge in [-0.1, -0.05) is 12.1 Å². The van der Waals surface area contributed by atoms with Crippen LogP contribution in [0.4, 0.5) is 0 Å². The van der Waals surface area contributed by atoms with Crippen molar-refractivity contribution >= 4 is 5.91 Å². The molecule has 2 aromatic rings. The van der Waals surface area contributed by atoms with E-state index in [1.165, 1.54) is 12.0 Å². The first-order chi connectivity index (χ1) is 16.2. The van der Waals surface area contributed by atoms with Gasteiger partial charge in [0.15, 0.2) is 11.5 Å². The van der Waals surface area contributed by atoms with E-state index in [-0.39, 0.29) is 5.91 Å². The van der Waals surface area contributed by atoms with Crippen molar-refractivity contribution in [1.29, 1.82) is 0 Å².